The molecule has 1 aliphatic heterocycles. The highest BCUT2D eigenvalue weighted by Crippen LogP contribution is 2.27. The van der Waals surface area contributed by atoms with Crippen LogP contribution in [0.5, 0.6) is 0 Å². The first-order valence-corrected chi connectivity index (χ1v) is 12.2. The van der Waals surface area contributed by atoms with Crippen molar-refractivity contribution in [3.8, 4) is 17.9 Å². The summed E-state index contributed by atoms with van der Waals surface area (Å²) in [5.41, 5.74) is 1.52. The molecule has 10 heteroatoms. The van der Waals surface area contributed by atoms with E-state index in [9.17, 15) is 23.2 Å². The Labute approximate surface area is 219 Å². The molecule has 4 rings (SSSR count). The minimum absolute atomic E-state index is 0.0138. The number of amides is 1. The molecule has 2 N–H and O–H groups in total. The number of anilines is 1. The number of nitriles is 1. The molecule has 0 saturated carbocycles. The van der Waals surface area contributed by atoms with Gasteiger partial charge in [-0.25, -0.2) is 0 Å². The fourth-order valence-corrected chi connectivity index (χ4v) is 4.18. The van der Waals surface area contributed by atoms with E-state index < -0.39 is 18.1 Å². The zero-order valence-electron chi connectivity index (χ0n) is 21.2. The molecule has 1 aromatic carbocycles. The van der Waals surface area contributed by atoms with Crippen molar-refractivity contribution < 1.29 is 22.7 Å². The van der Waals surface area contributed by atoms with Gasteiger partial charge in [0.05, 0.1) is 41.3 Å². The van der Waals surface area contributed by atoms with Gasteiger partial charge in [0.2, 0.25) is 0 Å². The number of rotatable bonds is 6. The van der Waals surface area contributed by atoms with Crippen LogP contribution in [-0.4, -0.2) is 47.4 Å². The third-order valence-corrected chi connectivity index (χ3v) is 6.34. The smallest absolute Gasteiger partial charge is 0.381 e. The average Bonchev–Trinajstić information content (AvgIpc) is 3.22. The molecule has 0 aliphatic carbocycles. The van der Waals surface area contributed by atoms with Crippen molar-refractivity contribution in [3.05, 3.63) is 59.5 Å². The largest absolute Gasteiger partial charge is 0.406 e. The van der Waals surface area contributed by atoms with E-state index in [1.165, 1.54) is 12.1 Å². The first kappa shape index (κ1) is 27.0. The minimum atomic E-state index is -4.44. The highest BCUT2D eigenvalue weighted by Gasteiger charge is 2.30. The average molecular weight is 524 g/mol. The molecule has 38 heavy (non-hydrogen) atoms. The second-order valence-electron chi connectivity index (χ2n) is 9.69. The molecule has 7 nitrogen and oxygen atoms in total. The maximum atomic E-state index is 13.4. The number of aromatic nitrogens is 2. The third kappa shape index (κ3) is 6.64. The van der Waals surface area contributed by atoms with Crippen LogP contribution in [0.15, 0.2) is 42.6 Å². The molecule has 0 atom stereocenters. The van der Waals surface area contributed by atoms with Crippen LogP contribution in [0.4, 0.5) is 18.9 Å². The van der Waals surface area contributed by atoms with Crippen molar-refractivity contribution in [3.63, 3.8) is 0 Å². The van der Waals surface area contributed by atoms with E-state index >= 15 is 0 Å². The van der Waals surface area contributed by atoms with E-state index in [4.69, 9.17) is 4.74 Å². The second kappa shape index (κ2) is 11.2. The van der Waals surface area contributed by atoms with Crippen LogP contribution in [0.25, 0.3) is 10.9 Å². The van der Waals surface area contributed by atoms with Crippen molar-refractivity contribution in [2.45, 2.75) is 50.9 Å². The summed E-state index contributed by atoms with van der Waals surface area (Å²) in [7, 11) is 0. The summed E-state index contributed by atoms with van der Waals surface area (Å²) in [6, 6.07) is 12.0. The zero-order valence-corrected chi connectivity index (χ0v) is 21.2. The number of carbonyl (C=O) groups excluding carboxylic acids is 1. The Morgan fingerprint density at radius 1 is 1.18 bits per heavy atom. The van der Waals surface area contributed by atoms with E-state index in [0.717, 1.165) is 17.4 Å². The van der Waals surface area contributed by atoms with Gasteiger partial charge >= 0.3 is 6.18 Å². The van der Waals surface area contributed by atoms with Crippen LogP contribution in [0, 0.1) is 23.2 Å². The van der Waals surface area contributed by atoms with Crippen LogP contribution in [0.3, 0.4) is 0 Å². The molecule has 1 saturated heterocycles. The lowest BCUT2D eigenvalue weighted by Crippen LogP contribution is -2.38. The summed E-state index contributed by atoms with van der Waals surface area (Å²) in [5, 5.41) is 15.8. The molecule has 3 aromatic rings. The molecule has 2 aromatic heterocycles. The van der Waals surface area contributed by atoms with Crippen molar-refractivity contribution in [1.82, 2.24) is 14.9 Å². The van der Waals surface area contributed by atoms with Crippen molar-refractivity contribution in [2.24, 2.45) is 0 Å². The topological polar surface area (TPSA) is 92.0 Å². The van der Waals surface area contributed by atoms with Gasteiger partial charge in [-0.2, -0.15) is 18.4 Å². The highest BCUT2D eigenvalue weighted by atomic mass is 19.4. The quantitative estimate of drug-likeness (QED) is 0.454. The number of ether oxygens (including phenoxy) is 1. The molecule has 1 fully saturated rings. The summed E-state index contributed by atoms with van der Waals surface area (Å²) in [6.45, 7) is 3.70. The van der Waals surface area contributed by atoms with Crippen LogP contribution in [-0.2, 0) is 16.7 Å². The molecule has 198 valence electrons. The molecule has 0 unspecified atom stereocenters. The van der Waals surface area contributed by atoms with Crippen molar-refractivity contribution >= 4 is 22.5 Å². The predicted molar refractivity (Wildman–Crippen MR) is 138 cm³/mol. The number of carbonyl (C=O) groups is 1. The maximum absolute atomic E-state index is 13.4. The number of hydrogen-bond donors (Lipinski definition) is 2. The van der Waals surface area contributed by atoms with Crippen LogP contribution in [0.1, 0.15) is 48.4 Å². The molecule has 3 heterocycles. The van der Waals surface area contributed by atoms with Gasteiger partial charge in [-0.3, -0.25) is 9.78 Å². The lowest BCUT2D eigenvalue weighted by atomic mass is 9.91. The lowest BCUT2D eigenvalue weighted by Gasteiger charge is -2.23. The summed E-state index contributed by atoms with van der Waals surface area (Å²) in [6.07, 6.45) is -1.41. The molecule has 0 spiro atoms. The van der Waals surface area contributed by atoms with Gasteiger partial charge in [0.15, 0.2) is 0 Å². The summed E-state index contributed by atoms with van der Waals surface area (Å²) >= 11 is 0. The Morgan fingerprint density at radius 2 is 1.95 bits per heavy atom. The number of nitrogens with one attached hydrogen (secondary N) is 2. The van der Waals surface area contributed by atoms with Crippen LogP contribution >= 0.6 is 0 Å². The Balaban J connectivity index is 1.51. The second-order valence-corrected chi connectivity index (χ2v) is 9.69. The summed E-state index contributed by atoms with van der Waals surface area (Å²) < 4.78 is 46.5. The number of benzene rings is 1. The van der Waals surface area contributed by atoms with E-state index in [1.54, 1.807) is 44.3 Å². The summed E-state index contributed by atoms with van der Waals surface area (Å²) in [4.78, 5) is 17.0. The summed E-state index contributed by atoms with van der Waals surface area (Å²) in [5.74, 6) is 5.42. The normalized spacial score (nSPS) is 14.4. The first-order chi connectivity index (χ1) is 18.1. The molecule has 0 bridgehead atoms. The van der Waals surface area contributed by atoms with Crippen LogP contribution < -0.4 is 10.6 Å². The lowest BCUT2D eigenvalue weighted by molar-refractivity contribution is -0.140. The molecular formula is C28H28F3N5O2. The number of fused-ring (bicyclic) bond motifs is 1. The van der Waals surface area contributed by atoms with Gasteiger partial charge in [-0.1, -0.05) is 5.92 Å². The van der Waals surface area contributed by atoms with Gasteiger partial charge in [-0.15, -0.1) is 0 Å². The molecule has 0 radical (unpaired) electrons. The fourth-order valence-electron chi connectivity index (χ4n) is 4.18. The van der Waals surface area contributed by atoms with E-state index in [2.05, 4.69) is 33.5 Å². The molecular weight excluding hydrogens is 495 g/mol. The molecule has 1 aliphatic rings. The predicted octanol–water partition coefficient (Wildman–Crippen LogP) is 4.77. The number of halogens is 3. The number of nitrogens with zero attached hydrogens (tertiary/aromatic N) is 3. The maximum Gasteiger partial charge on any atom is 0.406 e. The highest BCUT2D eigenvalue weighted by molar-refractivity contribution is 5.98. The van der Waals surface area contributed by atoms with Gasteiger partial charge in [-0.05, 0) is 69.0 Å². The Morgan fingerprint density at radius 3 is 2.61 bits per heavy atom. The standard InChI is InChI=1S/C28H28F3N5O2/c1-27(2,17-32)25-8-6-22(16-34-25)33-11-3-4-23-15-20-14-19(26(37)35-21-9-12-38-13-10-21)5-7-24(20)36(23)18-28(29,30)31/h5-8,14-16,21,33H,9-13,18H2,1-2H3,(H,35,37). The van der Waals surface area contributed by atoms with E-state index in [-0.39, 0.29) is 24.2 Å². The molecule has 1 amide bonds. The SMILES string of the molecule is CC(C)(C#N)c1ccc(NCC#Cc2cc3cc(C(=O)NC4CCOCC4)ccc3n2CC(F)(F)F)cn1. The first-order valence-electron chi connectivity index (χ1n) is 12.2. The van der Waals surface area contributed by atoms with Crippen molar-refractivity contribution in [2.75, 3.05) is 25.1 Å². The number of pyridine rings is 1. The Hall–Kier alpha value is -4.02. The van der Waals surface area contributed by atoms with Crippen molar-refractivity contribution in [1.29, 1.82) is 5.26 Å². The Bertz CT molecular complexity index is 1400. The van der Waals surface area contributed by atoms with E-state index in [1.807, 2.05) is 0 Å². The Kier molecular flexibility index (Phi) is 7.94. The van der Waals surface area contributed by atoms with Gasteiger partial charge in [0.25, 0.3) is 5.91 Å². The number of alkyl halides is 3. The van der Waals surface area contributed by atoms with E-state index in [0.29, 0.717) is 41.1 Å². The third-order valence-electron chi connectivity index (χ3n) is 6.34. The zero-order chi connectivity index (χ0) is 27.3. The monoisotopic (exact) mass is 523 g/mol. The number of hydrogen-bond acceptors (Lipinski definition) is 5. The van der Waals surface area contributed by atoms with Crippen LogP contribution in [0.2, 0.25) is 0 Å². The van der Waals surface area contributed by atoms with Gasteiger partial charge in [0, 0.05) is 35.7 Å². The fraction of sp³-hybridized carbons (Fsp3) is 0.393. The van der Waals surface area contributed by atoms with Gasteiger partial charge < -0.3 is 19.9 Å². The van der Waals surface area contributed by atoms with Gasteiger partial charge in [0.1, 0.15) is 6.54 Å². The minimum Gasteiger partial charge on any atom is -0.381 e.